The third-order valence-corrected chi connectivity index (χ3v) is 2.54. The topological polar surface area (TPSA) is 32.3 Å². The number of aliphatic hydroxyl groups excluding tert-OH is 1. The minimum absolute atomic E-state index is 0.0828. The summed E-state index contributed by atoms with van der Waals surface area (Å²) in [7, 11) is 0. The Balaban J connectivity index is 2.39. The van der Waals surface area contributed by atoms with Crippen LogP contribution < -0.4 is 5.32 Å². The number of alkyl halides is 1. The molecule has 12 heavy (non-hydrogen) atoms. The maximum Gasteiger partial charge on any atom is 0.128 e. The lowest BCUT2D eigenvalue weighted by Crippen LogP contribution is -2.35. The third kappa shape index (κ3) is 2.17. The Kier molecular flexibility index (Phi) is 3.47. The molecule has 0 saturated carbocycles. The van der Waals surface area contributed by atoms with E-state index in [4.69, 9.17) is 0 Å². The fourth-order valence-corrected chi connectivity index (χ4v) is 1.62. The van der Waals surface area contributed by atoms with Crippen molar-refractivity contribution >= 4 is 0 Å². The highest BCUT2D eigenvalue weighted by Crippen LogP contribution is 2.21. The van der Waals surface area contributed by atoms with Gasteiger partial charge in [-0.1, -0.05) is 13.8 Å². The molecule has 0 bridgehead atoms. The molecule has 0 radical (unpaired) electrons. The Labute approximate surface area is 73.2 Å². The van der Waals surface area contributed by atoms with E-state index in [0.717, 1.165) is 19.5 Å². The molecule has 1 aliphatic heterocycles. The number of aliphatic hydroxyl groups is 1. The molecule has 1 aliphatic rings. The van der Waals surface area contributed by atoms with Crippen molar-refractivity contribution in [2.45, 2.75) is 32.5 Å². The van der Waals surface area contributed by atoms with E-state index >= 15 is 0 Å². The number of hydrogen-bond acceptors (Lipinski definition) is 2. The van der Waals surface area contributed by atoms with E-state index in [2.05, 4.69) is 5.32 Å². The van der Waals surface area contributed by atoms with Gasteiger partial charge >= 0.3 is 0 Å². The molecule has 3 heteroatoms. The van der Waals surface area contributed by atoms with E-state index in [0.29, 0.717) is 0 Å². The van der Waals surface area contributed by atoms with E-state index in [1.165, 1.54) is 0 Å². The standard InChI is InChI=1S/C9H18FNO/c1-6(2)8(10)9(12)7-3-4-11-5-7/h6-9,11-12H,3-5H2,1-2H3/t7-,8?,9+/m1/s1. The van der Waals surface area contributed by atoms with Crippen molar-refractivity contribution in [3.63, 3.8) is 0 Å². The molecular weight excluding hydrogens is 157 g/mol. The Morgan fingerprint density at radius 3 is 2.58 bits per heavy atom. The Bertz CT molecular complexity index is 132. The Morgan fingerprint density at radius 1 is 1.50 bits per heavy atom. The Morgan fingerprint density at radius 2 is 2.17 bits per heavy atom. The highest BCUT2D eigenvalue weighted by Gasteiger charge is 2.31. The fraction of sp³-hybridized carbons (Fsp3) is 1.00. The van der Waals surface area contributed by atoms with E-state index in [1.54, 1.807) is 13.8 Å². The molecule has 1 unspecified atom stereocenters. The van der Waals surface area contributed by atoms with Gasteiger partial charge in [0.2, 0.25) is 0 Å². The SMILES string of the molecule is CC(C)C(F)[C@@H](O)[C@@H]1CCNC1. The molecule has 0 aromatic carbocycles. The van der Waals surface area contributed by atoms with Crippen LogP contribution in [0.4, 0.5) is 4.39 Å². The lowest BCUT2D eigenvalue weighted by Gasteiger charge is -2.23. The highest BCUT2D eigenvalue weighted by atomic mass is 19.1. The predicted molar refractivity (Wildman–Crippen MR) is 46.7 cm³/mol. The molecule has 2 nitrogen and oxygen atoms in total. The second-order valence-corrected chi connectivity index (χ2v) is 3.93. The summed E-state index contributed by atoms with van der Waals surface area (Å²) in [5.74, 6) is 0.0306. The zero-order valence-electron chi connectivity index (χ0n) is 7.76. The van der Waals surface area contributed by atoms with Gasteiger partial charge in [-0.25, -0.2) is 4.39 Å². The zero-order chi connectivity index (χ0) is 9.14. The van der Waals surface area contributed by atoms with Crippen molar-refractivity contribution in [2.24, 2.45) is 11.8 Å². The average Bonchev–Trinajstić information content (AvgIpc) is 2.53. The summed E-state index contributed by atoms with van der Waals surface area (Å²) in [5.41, 5.74) is 0. The molecule has 2 N–H and O–H groups in total. The first-order chi connectivity index (χ1) is 5.63. The van der Waals surface area contributed by atoms with Crippen LogP contribution in [0.1, 0.15) is 20.3 Å². The van der Waals surface area contributed by atoms with Crippen LogP contribution in [-0.2, 0) is 0 Å². The average molecular weight is 175 g/mol. The summed E-state index contributed by atoms with van der Waals surface area (Å²) < 4.78 is 13.3. The number of halogens is 1. The summed E-state index contributed by atoms with van der Waals surface area (Å²) in [4.78, 5) is 0. The molecular formula is C9H18FNO. The minimum Gasteiger partial charge on any atom is -0.390 e. The quantitative estimate of drug-likeness (QED) is 0.669. The summed E-state index contributed by atoms with van der Waals surface area (Å²) in [6.45, 7) is 5.27. The molecule has 0 amide bonds. The van der Waals surface area contributed by atoms with E-state index < -0.39 is 12.3 Å². The monoisotopic (exact) mass is 175 g/mol. The van der Waals surface area contributed by atoms with Crippen molar-refractivity contribution in [3.8, 4) is 0 Å². The normalized spacial score (nSPS) is 29.2. The first-order valence-corrected chi connectivity index (χ1v) is 4.65. The maximum absolute atomic E-state index is 13.3. The van der Waals surface area contributed by atoms with Gasteiger partial charge in [-0.3, -0.25) is 0 Å². The lowest BCUT2D eigenvalue weighted by molar-refractivity contribution is 0.0138. The predicted octanol–water partition coefficient (Wildman–Crippen LogP) is 0.951. The van der Waals surface area contributed by atoms with Crippen LogP contribution in [0.3, 0.4) is 0 Å². The lowest BCUT2D eigenvalue weighted by atomic mass is 9.92. The Hall–Kier alpha value is -0.150. The van der Waals surface area contributed by atoms with Crippen LogP contribution in [0, 0.1) is 11.8 Å². The van der Waals surface area contributed by atoms with Gasteiger partial charge in [0.25, 0.3) is 0 Å². The molecule has 0 spiro atoms. The molecule has 0 aromatic rings. The van der Waals surface area contributed by atoms with E-state index in [9.17, 15) is 9.50 Å². The maximum atomic E-state index is 13.3. The summed E-state index contributed by atoms with van der Waals surface area (Å²) in [6, 6.07) is 0. The molecule has 72 valence electrons. The zero-order valence-corrected chi connectivity index (χ0v) is 7.76. The first-order valence-electron chi connectivity index (χ1n) is 4.65. The number of nitrogens with one attached hydrogen (secondary N) is 1. The van der Waals surface area contributed by atoms with Crippen LogP contribution in [0.5, 0.6) is 0 Å². The van der Waals surface area contributed by atoms with Gasteiger partial charge in [-0.15, -0.1) is 0 Å². The summed E-state index contributed by atoms with van der Waals surface area (Å²) in [6.07, 6.45) is -0.955. The van der Waals surface area contributed by atoms with Crippen molar-refractivity contribution < 1.29 is 9.50 Å². The third-order valence-electron chi connectivity index (χ3n) is 2.54. The largest absolute Gasteiger partial charge is 0.390 e. The van der Waals surface area contributed by atoms with Crippen LogP contribution in [-0.4, -0.2) is 30.5 Å². The highest BCUT2D eigenvalue weighted by molar-refractivity contribution is 4.83. The van der Waals surface area contributed by atoms with Gasteiger partial charge in [0.05, 0.1) is 6.10 Å². The van der Waals surface area contributed by atoms with Gasteiger partial charge in [0.1, 0.15) is 6.17 Å². The first kappa shape index (κ1) is 9.93. The molecule has 3 atom stereocenters. The molecule has 1 heterocycles. The molecule has 1 saturated heterocycles. The molecule has 1 fully saturated rings. The van der Waals surface area contributed by atoms with Gasteiger partial charge < -0.3 is 10.4 Å². The van der Waals surface area contributed by atoms with Gasteiger partial charge in [-0.05, 0) is 18.9 Å². The number of rotatable bonds is 3. The van der Waals surface area contributed by atoms with Gasteiger partial charge in [-0.2, -0.15) is 0 Å². The van der Waals surface area contributed by atoms with Crippen molar-refractivity contribution in [2.75, 3.05) is 13.1 Å². The van der Waals surface area contributed by atoms with Crippen molar-refractivity contribution in [1.82, 2.24) is 5.32 Å². The summed E-state index contributed by atoms with van der Waals surface area (Å²) >= 11 is 0. The molecule has 0 aromatic heterocycles. The second kappa shape index (κ2) is 4.19. The molecule has 1 rings (SSSR count). The van der Waals surface area contributed by atoms with E-state index in [1.807, 2.05) is 0 Å². The van der Waals surface area contributed by atoms with E-state index in [-0.39, 0.29) is 11.8 Å². The second-order valence-electron chi connectivity index (χ2n) is 3.93. The summed E-state index contributed by atoms with van der Waals surface area (Å²) in [5, 5.41) is 12.7. The smallest absolute Gasteiger partial charge is 0.128 e. The fourth-order valence-electron chi connectivity index (χ4n) is 1.62. The molecule has 0 aliphatic carbocycles. The van der Waals surface area contributed by atoms with Crippen LogP contribution in [0.2, 0.25) is 0 Å². The van der Waals surface area contributed by atoms with Crippen LogP contribution >= 0.6 is 0 Å². The minimum atomic E-state index is -1.07. The van der Waals surface area contributed by atoms with Crippen LogP contribution in [0.15, 0.2) is 0 Å². The van der Waals surface area contributed by atoms with Gasteiger partial charge in [0, 0.05) is 12.5 Å². The van der Waals surface area contributed by atoms with Crippen LogP contribution in [0.25, 0.3) is 0 Å². The van der Waals surface area contributed by atoms with Crippen molar-refractivity contribution in [3.05, 3.63) is 0 Å². The van der Waals surface area contributed by atoms with Gasteiger partial charge in [0.15, 0.2) is 0 Å². The van der Waals surface area contributed by atoms with Crippen molar-refractivity contribution in [1.29, 1.82) is 0 Å². The number of hydrogen-bond donors (Lipinski definition) is 2.